The van der Waals surface area contributed by atoms with Crippen molar-refractivity contribution < 1.29 is 13.2 Å². The largest absolute Gasteiger partial charge is 0.452 e. The van der Waals surface area contributed by atoms with Gasteiger partial charge < -0.3 is 4.98 Å². The van der Waals surface area contributed by atoms with Gasteiger partial charge >= 0.3 is 6.18 Å². The third kappa shape index (κ3) is 1.36. The molecule has 3 aromatic heterocycles. The fourth-order valence-corrected chi connectivity index (χ4v) is 1.67. The number of hydrogen-bond donors (Lipinski definition) is 1. The van der Waals surface area contributed by atoms with E-state index >= 15 is 0 Å². The minimum Gasteiger partial charge on any atom is -0.316 e. The van der Waals surface area contributed by atoms with Crippen molar-refractivity contribution in [1.29, 1.82) is 0 Å². The zero-order valence-corrected chi connectivity index (χ0v) is 8.56. The minimum atomic E-state index is -4.71. The Hall–Kier alpha value is -2.45. The van der Waals surface area contributed by atoms with Gasteiger partial charge in [-0.25, -0.2) is 9.38 Å². The Balaban J connectivity index is 2.60. The monoisotopic (exact) mass is 255 g/mol. The second kappa shape index (κ2) is 3.28. The van der Waals surface area contributed by atoms with Crippen molar-refractivity contribution in [3.8, 4) is 0 Å². The van der Waals surface area contributed by atoms with Gasteiger partial charge in [-0.15, -0.1) is 10.2 Å². The average Bonchev–Trinajstić information content (AvgIpc) is 2.74. The Morgan fingerprint density at radius 3 is 2.72 bits per heavy atom. The maximum atomic E-state index is 12.7. The molecule has 3 heterocycles. The van der Waals surface area contributed by atoms with Gasteiger partial charge in [0.25, 0.3) is 5.56 Å². The highest BCUT2D eigenvalue weighted by molar-refractivity contribution is 5.72. The first kappa shape index (κ1) is 10.7. The van der Waals surface area contributed by atoms with Gasteiger partial charge in [0.05, 0.1) is 5.52 Å². The molecular weight excluding hydrogens is 251 g/mol. The fourth-order valence-electron chi connectivity index (χ4n) is 1.67. The molecule has 0 atom stereocenters. The summed E-state index contributed by atoms with van der Waals surface area (Å²) in [7, 11) is 0. The fraction of sp³-hybridized carbons (Fsp3) is 0.111. The Morgan fingerprint density at radius 2 is 2.00 bits per heavy atom. The van der Waals surface area contributed by atoms with Gasteiger partial charge in [0.2, 0.25) is 11.5 Å². The Bertz CT molecular complexity index is 803. The molecule has 0 unspecified atom stereocenters. The average molecular weight is 255 g/mol. The predicted octanol–water partition coefficient (Wildman–Crippen LogP) is 0.985. The summed E-state index contributed by atoms with van der Waals surface area (Å²) in [5, 5.41) is 6.25. The number of H-pyrrole nitrogens is 1. The standard InChI is InChI=1S/C9H4F3N5O/c10-9(11,12)8-16-15-6-7(18)14-4-2-1-3-13-5(4)17(6)8/h1-3H,(H,14,18). The quantitative estimate of drug-likeness (QED) is 0.649. The van der Waals surface area contributed by atoms with Crippen LogP contribution >= 0.6 is 0 Å². The maximum Gasteiger partial charge on any atom is 0.452 e. The lowest BCUT2D eigenvalue weighted by Crippen LogP contribution is -2.16. The zero-order valence-electron chi connectivity index (χ0n) is 8.56. The summed E-state index contributed by atoms with van der Waals surface area (Å²) in [6.07, 6.45) is -3.39. The van der Waals surface area contributed by atoms with Crippen molar-refractivity contribution in [1.82, 2.24) is 24.6 Å². The van der Waals surface area contributed by atoms with E-state index in [1.165, 1.54) is 18.3 Å². The van der Waals surface area contributed by atoms with Crippen LogP contribution in [0.5, 0.6) is 0 Å². The van der Waals surface area contributed by atoms with Crippen LogP contribution in [0.1, 0.15) is 5.82 Å². The van der Waals surface area contributed by atoms with Crippen LogP contribution in [0.15, 0.2) is 23.1 Å². The van der Waals surface area contributed by atoms with E-state index in [4.69, 9.17) is 0 Å². The van der Waals surface area contributed by atoms with Gasteiger partial charge in [-0.2, -0.15) is 13.2 Å². The molecule has 0 radical (unpaired) electrons. The molecule has 1 N–H and O–H groups in total. The lowest BCUT2D eigenvalue weighted by Gasteiger charge is -2.05. The Kier molecular flexibility index (Phi) is 1.95. The summed E-state index contributed by atoms with van der Waals surface area (Å²) in [4.78, 5) is 17.8. The van der Waals surface area contributed by atoms with Gasteiger partial charge in [-0.3, -0.25) is 4.79 Å². The molecule has 3 aromatic rings. The lowest BCUT2D eigenvalue weighted by atomic mass is 10.4. The second-order valence-electron chi connectivity index (χ2n) is 3.51. The molecule has 0 aliphatic heterocycles. The smallest absolute Gasteiger partial charge is 0.316 e. The first-order chi connectivity index (χ1) is 8.48. The normalized spacial score (nSPS) is 12.4. The molecule has 92 valence electrons. The van der Waals surface area contributed by atoms with Crippen molar-refractivity contribution in [2.75, 3.05) is 0 Å². The zero-order chi connectivity index (χ0) is 12.9. The molecule has 0 aliphatic rings. The highest BCUT2D eigenvalue weighted by Crippen LogP contribution is 2.28. The number of hydrogen-bond acceptors (Lipinski definition) is 4. The number of nitrogens with one attached hydrogen (secondary N) is 1. The van der Waals surface area contributed by atoms with E-state index in [-0.39, 0.29) is 11.2 Å². The van der Waals surface area contributed by atoms with Crippen molar-refractivity contribution in [2.24, 2.45) is 0 Å². The molecule has 0 amide bonds. The van der Waals surface area contributed by atoms with Gasteiger partial charge in [0.15, 0.2) is 5.65 Å². The van der Waals surface area contributed by atoms with Crippen molar-refractivity contribution in [3.63, 3.8) is 0 Å². The molecule has 0 bridgehead atoms. The van der Waals surface area contributed by atoms with Gasteiger partial charge in [0, 0.05) is 6.20 Å². The summed E-state index contributed by atoms with van der Waals surface area (Å²) in [5.41, 5.74) is -1.06. The molecule has 0 spiro atoms. The summed E-state index contributed by atoms with van der Waals surface area (Å²) in [6.45, 7) is 0. The van der Waals surface area contributed by atoms with Gasteiger partial charge in [-0.1, -0.05) is 0 Å². The van der Waals surface area contributed by atoms with Crippen molar-refractivity contribution in [2.45, 2.75) is 6.18 Å². The summed E-state index contributed by atoms with van der Waals surface area (Å²) in [5.74, 6) is -1.27. The summed E-state index contributed by atoms with van der Waals surface area (Å²) < 4.78 is 38.8. The molecule has 0 aromatic carbocycles. The number of alkyl halides is 3. The van der Waals surface area contributed by atoms with Gasteiger partial charge in [-0.05, 0) is 12.1 Å². The highest BCUT2D eigenvalue weighted by Gasteiger charge is 2.38. The maximum absolute atomic E-state index is 12.7. The topological polar surface area (TPSA) is 75.9 Å². The first-order valence-corrected chi connectivity index (χ1v) is 4.78. The number of aromatic nitrogens is 5. The second-order valence-corrected chi connectivity index (χ2v) is 3.51. The molecule has 0 fully saturated rings. The van der Waals surface area contributed by atoms with E-state index in [2.05, 4.69) is 20.2 Å². The van der Waals surface area contributed by atoms with E-state index in [9.17, 15) is 18.0 Å². The summed E-state index contributed by atoms with van der Waals surface area (Å²) in [6, 6.07) is 2.95. The van der Waals surface area contributed by atoms with Crippen LogP contribution in [0.3, 0.4) is 0 Å². The molecular formula is C9H4F3N5O. The molecule has 0 saturated heterocycles. The van der Waals surface area contributed by atoms with Gasteiger partial charge in [0.1, 0.15) is 0 Å². The van der Waals surface area contributed by atoms with Crippen molar-refractivity contribution in [3.05, 3.63) is 34.5 Å². The summed E-state index contributed by atoms with van der Waals surface area (Å²) >= 11 is 0. The van der Waals surface area contributed by atoms with Crippen LogP contribution in [0, 0.1) is 0 Å². The van der Waals surface area contributed by atoms with Crippen molar-refractivity contribution >= 4 is 16.8 Å². The number of aromatic amines is 1. The molecule has 9 heteroatoms. The van der Waals surface area contributed by atoms with E-state index in [0.717, 1.165) is 0 Å². The van der Waals surface area contributed by atoms with Crippen LogP contribution in [-0.4, -0.2) is 24.6 Å². The van der Waals surface area contributed by atoms with E-state index < -0.39 is 23.2 Å². The number of nitrogens with zero attached hydrogens (tertiary/aromatic N) is 4. The number of fused-ring (bicyclic) bond motifs is 3. The van der Waals surface area contributed by atoms with Crippen LogP contribution in [-0.2, 0) is 6.18 Å². The molecule has 0 aliphatic carbocycles. The first-order valence-electron chi connectivity index (χ1n) is 4.78. The van der Waals surface area contributed by atoms with Crippen LogP contribution < -0.4 is 5.56 Å². The SMILES string of the molecule is O=c1[nH]c2cccnc2n2c(C(F)(F)F)nnc12. The van der Waals surface area contributed by atoms with Crippen LogP contribution in [0.25, 0.3) is 16.8 Å². The Morgan fingerprint density at radius 1 is 1.22 bits per heavy atom. The predicted molar refractivity (Wildman–Crippen MR) is 53.9 cm³/mol. The number of halogens is 3. The van der Waals surface area contributed by atoms with E-state index in [0.29, 0.717) is 4.40 Å². The third-order valence-electron chi connectivity index (χ3n) is 2.37. The molecule has 3 rings (SSSR count). The molecule has 18 heavy (non-hydrogen) atoms. The third-order valence-corrected chi connectivity index (χ3v) is 2.37. The molecule has 6 nitrogen and oxygen atoms in total. The Labute approximate surface area is 96.1 Å². The van der Waals surface area contributed by atoms with E-state index in [1.807, 2.05) is 0 Å². The lowest BCUT2D eigenvalue weighted by molar-refractivity contribution is -0.145. The van der Waals surface area contributed by atoms with Crippen LogP contribution in [0.2, 0.25) is 0 Å². The molecule has 0 saturated carbocycles. The van der Waals surface area contributed by atoms with Crippen LogP contribution in [0.4, 0.5) is 13.2 Å². The minimum absolute atomic E-state index is 0.0515. The number of pyridine rings is 1. The van der Waals surface area contributed by atoms with E-state index in [1.54, 1.807) is 0 Å². The highest BCUT2D eigenvalue weighted by atomic mass is 19.4. The number of rotatable bonds is 0.